The molecule has 4 rings (SSSR count). The number of nitrogens with zero attached hydrogens (tertiary/aromatic N) is 2. The standard InChI is InChI=1S/C19H19N3OS/c23-19(9-8-15-12-24-13-20-15)22-10-4-3-7-18(22)17-11-14-5-1-2-6-16(14)21-17/h1-2,5-6,8-9,11-13,18,21H,3-4,7,10H2. The predicted octanol–water partition coefficient (Wildman–Crippen LogP) is 4.39. The van der Waals surface area contributed by atoms with Crippen molar-refractivity contribution >= 4 is 34.2 Å². The van der Waals surface area contributed by atoms with Crippen molar-refractivity contribution in [1.82, 2.24) is 14.9 Å². The third-order valence-corrected chi connectivity index (χ3v) is 5.15. The summed E-state index contributed by atoms with van der Waals surface area (Å²) in [7, 11) is 0. The molecule has 1 atom stereocenters. The number of carbonyl (C=O) groups excluding carboxylic acids is 1. The average molecular weight is 337 g/mol. The number of likely N-dealkylation sites (tertiary alicyclic amines) is 1. The number of rotatable bonds is 3. The number of H-pyrrole nitrogens is 1. The molecule has 122 valence electrons. The number of amides is 1. The summed E-state index contributed by atoms with van der Waals surface area (Å²) in [5.41, 5.74) is 4.88. The lowest BCUT2D eigenvalue weighted by Crippen LogP contribution is -2.37. The molecular formula is C19H19N3OS. The second kappa shape index (κ2) is 6.61. The Balaban J connectivity index is 1.59. The van der Waals surface area contributed by atoms with Crippen LogP contribution in [0.4, 0.5) is 0 Å². The van der Waals surface area contributed by atoms with E-state index in [-0.39, 0.29) is 11.9 Å². The van der Waals surface area contributed by atoms with Crippen molar-refractivity contribution in [2.24, 2.45) is 0 Å². The van der Waals surface area contributed by atoms with Gasteiger partial charge >= 0.3 is 0 Å². The average Bonchev–Trinajstić information content (AvgIpc) is 3.29. The first-order valence-electron chi connectivity index (χ1n) is 8.26. The minimum atomic E-state index is 0.0614. The van der Waals surface area contributed by atoms with Crippen LogP contribution < -0.4 is 0 Å². The van der Waals surface area contributed by atoms with E-state index < -0.39 is 0 Å². The number of hydrogen-bond donors (Lipinski definition) is 1. The Morgan fingerprint density at radius 3 is 3.08 bits per heavy atom. The highest BCUT2D eigenvalue weighted by Gasteiger charge is 2.27. The first-order chi connectivity index (χ1) is 11.8. The molecule has 1 N–H and O–H groups in total. The Hall–Kier alpha value is -2.40. The molecule has 1 aliphatic heterocycles. The zero-order chi connectivity index (χ0) is 16.4. The topological polar surface area (TPSA) is 49.0 Å². The van der Waals surface area contributed by atoms with Gasteiger partial charge in [-0.1, -0.05) is 18.2 Å². The molecule has 0 aliphatic carbocycles. The molecule has 3 aromatic rings. The van der Waals surface area contributed by atoms with E-state index in [1.165, 1.54) is 16.7 Å². The lowest BCUT2D eigenvalue weighted by molar-refractivity contribution is -0.129. The van der Waals surface area contributed by atoms with Crippen molar-refractivity contribution < 1.29 is 4.79 Å². The number of aromatic nitrogens is 2. The Kier molecular flexibility index (Phi) is 4.17. The van der Waals surface area contributed by atoms with Crippen molar-refractivity contribution in [3.8, 4) is 0 Å². The van der Waals surface area contributed by atoms with Crippen LogP contribution in [0.25, 0.3) is 17.0 Å². The molecular weight excluding hydrogens is 318 g/mol. The van der Waals surface area contributed by atoms with Gasteiger partial charge in [0.15, 0.2) is 0 Å². The van der Waals surface area contributed by atoms with Crippen LogP contribution in [0.5, 0.6) is 0 Å². The summed E-state index contributed by atoms with van der Waals surface area (Å²) in [4.78, 5) is 22.4. The van der Waals surface area contributed by atoms with Crippen LogP contribution in [0.1, 0.15) is 36.7 Å². The van der Waals surface area contributed by atoms with Gasteiger partial charge in [0.2, 0.25) is 5.91 Å². The van der Waals surface area contributed by atoms with Crippen molar-refractivity contribution in [3.63, 3.8) is 0 Å². The van der Waals surface area contributed by atoms with Crippen LogP contribution in [-0.2, 0) is 4.79 Å². The third kappa shape index (κ3) is 2.99. The maximum atomic E-state index is 12.7. The van der Waals surface area contributed by atoms with Crippen molar-refractivity contribution in [3.05, 3.63) is 58.7 Å². The summed E-state index contributed by atoms with van der Waals surface area (Å²) in [6, 6.07) is 10.6. The van der Waals surface area contributed by atoms with Crippen LogP contribution in [0.15, 0.2) is 47.3 Å². The first-order valence-corrected chi connectivity index (χ1v) is 9.20. The SMILES string of the molecule is O=C(C=Cc1cscn1)N1CCCCC1c1cc2ccccc2[nH]1. The molecule has 1 saturated heterocycles. The summed E-state index contributed by atoms with van der Waals surface area (Å²) in [5, 5.41) is 3.14. The zero-order valence-corrected chi connectivity index (χ0v) is 14.1. The van der Waals surface area contributed by atoms with Gasteiger partial charge in [0, 0.05) is 29.2 Å². The van der Waals surface area contributed by atoms with Crippen LogP contribution in [0.3, 0.4) is 0 Å². The van der Waals surface area contributed by atoms with Crippen LogP contribution in [0.2, 0.25) is 0 Å². The first kappa shape index (κ1) is 15.1. The van der Waals surface area contributed by atoms with Gasteiger partial charge in [0.05, 0.1) is 17.2 Å². The molecule has 3 heterocycles. The summed E-state index contributed by atoms with van der Waals surface area (Å²) >= 11 is 1.53. The van der Waals surface area contributed by atoms with Gasteiger partial charge < -0.3 is 9.88 Å². The van der Waals surface area contributed by atoms with Crippen molar-refractivity contribution in [2.75, 3.05) is 6.54 Å². The minimum Gasteiger partial charge on any atom is -0.357 e. The van der Waals surface area contributed by atoms with E-state index in [9.17, 15) is 4.79 Å². The maximum absolute atomic E-state index is 12.7. The number of benzene rings is 1. The summed E-state index contributed by atoms with van der Waals surface area (Å²) in [6.45, 7) is 0.806. The molecule has 1 fully saturated rings. The number of carbonyl (C=O) groups is 1. The van der Waals surface area contributed by atoms with E-state index in [2.05, 4.69) is 28.2 Å². The fraction of sp³-hybridized carbons (Fsp3) is 0.263. The van der Waals surface area contributed by atoms with Gasteiger partial charge in [-0.05, 0) is 42.9 Å². The van der Waals surface area contributed by atoms with E-state index in [0.717, 1.165) is 42.7 Å². The number of fused-ring (bicyclic) bond motifs is 1. The van der Waals surface area contributed by atoms with Crippen molar-refractivity contribution in [2.45, 2.75) is 25.3 Å². The van der Waals surface area contributed by atoms with E-state index in [4.69, 9.17) is 0 Å². The largest absolute Gasteiger partial charge is 0.357 e. The molecule has 24 heavy (non-hydrogen) atoms. The molecule has 1 aromatic carbocycles. The molecule has 0 saturated carbocycles. The number of piperidine rings is 1. The Labute approximate surface area is 144 Å². The number of aromatic amines is 1. The highest BCUT2D eigenvalue weighted by molar-refractivity contribution is 7.07. The molecule has 1 aliphatic rings. The van der Waals surface area contributed by atoms with Gasteiger partial charge in [0.25, 0.3) is 0 Å². The zero-order valence-electron chi connectivity index (χ0n) is 13.3. The second-order valence-electron chi connectivity index (χ2n) is 6.10. The van der Waals surface area contributed by atoms with E-state index in [1.54, 1.807) is 17.7 Å². The smallest absolute Gasteiger partial charge is 0.247 e. The Morgan fingerprint density at radius 2 is 2.25 bits per heavy atom. The molecule has 4 nitrogen and oxygen atoms in total. The van der Waals surface area contributed by atoms with Gasteiger partial charge in [-0.25, -0.2) is 4.98 Å². The van der Waals surface area contributed by atoms with Gasteiger partial charge in [-0.2, -0.15) is 0 Å². The lowest BCUT2D eigenvalue weighted by Gasteiger charge is -2.34. The van der Waals surface area contributed by atoms with Gasteiger partial charge in [0.1, 0.15) is 0 Å². The second-order valence-corrected chi connectivity index (χ2v) is 6.82. The number of nitrogens with one attached hydrogen (secondary N) is 1. The molecule has 5 heteroatoms. The predicted molar refractivity (Wildman–Crippen MR) is 97.8 cm³/mol. The maximum Gasteiger partial charge on any atom is 0.247 e. The highest BCUT2D eigenvalue weighted by Crippen LogP contribution is 2.32. The minimum absolute atomic E-state index is 0.0614. The lowest BCUT2D eigenvalue weighted by atomic mass is 9.99. The van der Waals surface area contributed by atoms with Crippen LogP contribution in [0, 0.1) is 0 Å². The Morgan fingerprint density at radius 1 is 1.33 bits per heavy atom. The molecule has 2 aromatic heterocycles. The summed E-state index contributed by atoms with van der Waals surface area (Å²) in [6.07, 6.45) is 6.67. The van der Waals surface area contributed by atoms with Gasteiger partial charge in [-0.15, -0.1) is 11.3 Å². The molecule has 1 amide bonds. The number of para-hydroxylation sites is 1. The molecule has 1 unspecified atom stereocenters. The number of hydrogen-bond acceptors (Lipinski definition) is 3. The number of thiazole rings is 1. The van der Waals surface area contributed by atoms with E-state index >= 15 is 0 Å². The van der Waals surface area contributed by atoms with Gasteiger partial charge in [-0.3, -0.25) is 4.79 Å². The third-order valence-electron chi connectivity index (χ3n) is 4.54. The van der Waals surface area contributed by atoms with E-state index in [1.807, 2.05) is 22.4 Å². The molecule has 0 bridgehead atoms. The van der Waals surface area contributed by atoms with Crippen LogP contribution in [-0.4, -0.2) is 27.3 Å². The monoisotopic (exact) mass is 337 g/mol. The Bertz CT molecular complexity index is 833. The van der Waals surface area contributed by atoms with E-state index in [0.29, 0.717) is 0 Å². The highest BCUT2D eigenvalue weighted by atomic mass is 32.1. The molecule has 0 radical (unpaired) electrons. The molecule has 0 spiro atoms. The fourth-order valence-electron chi connectivity index (χ4n) is 3.35. The van der Waals surface area contributed by atoms with Crippen molar-refractivity contribution in [1.29, 1.82) is 0 Å². The summed E-state index contributed by atoms with van der Waals surface area (Å²) in [5.74, 6) is 0.0614. The summed E-state index contributed by atoms with van der Waals surface area (Å²) < 4.78 is 0. The normalized spacial score (nSPS) is 18.5. The quantitative estimate of drug-likeness (QED) is 0.721. The van der Waals surface area contributed by atoms with Crippen LogP contribution >= 0.6 is 11.3 Å². The fourth-order valence-corrected chi connectivity index (χ4v) is 3.87.